The second kappa shape index (κ2) is 7.91. The molecule has 0 spiro atoms. The van der Waals surface area contributed by atoms with E-state index in [4.69, 9.17) is 23.2 Å². The average Bonchev–Trinajstić information content (AvgIpc) is 2.35. The number of nitrogens with zero attached hydrogens (tertiary/aromatic N) is 1. The summed E-state index contributed by atoms with van der Waals surface area (Å²) in [5, 5.41) is 0.804. The molecule has 0 aliphatic rings. The third-order valence-electron chi connectivity index (χ3n) is 3.10. The van der Waals surface area contributed by atoms with Crippen molar-refractivity contribution < 1.29 is 0 Å². The van der Waals surface area contributed by atoms with Crippen molar-refractivity contribution in [2.24, 2.45) is 0 Å². The van der Waals surface area contributed by atoms with E-state index in [0.29, 0.717) is 11.9 Å². The van der Waals surface area contributed by atoms with E-state index >= 15 is 0 Å². The largest absolute Gasteiger partial charge is 0.368 e. The monoisotopic (exact) mass is 287 g/mol. The molecule has 1 nitrogen and oxygen atoms in total. The lowest BCUT2D eigenvalue weighted by molar-refractivity contribution is 0.626. The van der Waals surface area contributed by atoms with Crippen LogP contribution in [0.1, 0.15) is 45.6 Å². The molecule has 3 heteroatoms. The zero-order valence-corrected chi connectivity index (χ0v) is 13.1. The van der Waals surface area contributed by atoms with Crippen molar-refractivity contribution in [1.29, 1.82) is 0 Å². The second-order valence-electron chi connectivity index (χ2n) is 4.91. The van der Waals surface area contributed by atoms with E-state index in [1.54, 1.807) is 0 Å². The van der Waals surface area contributed by atoms with Crippen LogP contribution in [0.4, 0.5) is 5.69 Å². The highest BCUT2D eigenvalue weighted by Crippen LogP contribution is 2.29. The minimum atomic E-state index is 0.459. The lowest BCUT2D eigenvalue weighted by Gasteiger charge is -2.30. The van der Waals surface area contributed by atoms with Crippen molar-refractivity contribution in [1.82, 2.24) is 0 Å². The predicted molar refractivity (Wildman–Crippen MR) is 83.0 cm³/mol. The smallest absolute Gasteiger partial charge is 0.0642 e. The van der Waals surface area contributed by atoms with E-state index in [2.05, 4.69) is 37.8 Å². The number of unbranched alkanes of at least 4 members (excludes halogenated alkanes) is 2. The van der Waals surface area contributed by atoms with Gasteiger partial charge in [-0.1, -0.05) is 37.4 Å². The lowest BCUT2D eigenvalue weighted by Crippen LogP contribution is -2.32. The first kappa shape index (κ1) is 15.7. The molecule has 1 aromatic carbocycles. The molecule has 0 aliphatic carbocycles. The van der Waals surface area contributed by atoms with E-state index in [9.17, 15) is 0 Å². The van der Waals surface area contributed by atoms with Crippen LogP contribution in [-0.2, 0) is 5.88 Å². The molecule has 1 aromatic rings. The predicted octanol–water partition coefficient (Wildman–Crippen LogP) is 5.48. The first-order valence-corrected chi connectivity index (χ1v) is 7.62. The van der Waals surface area contributed by atoms with Gasteiger partial charge in [-0.2, -0.15) is 0 Å². The topological polar surface area (TPSA) is 3.24 Å². The van der Waals surface area contributed by atoms with Gasteiger partial charge in [0.1, 0.15) is 0 Å². The normalized spacial score (nSPS) is 11.0. The number of hydrogen-bond acceptors (Lipinski definition) is 1. The third-order valence-corrected chi connectivity index (χ3v) is 3.71. The van der Waals surface area contributed by atoms with Gasteiger partial charge in [-0.05, 0) is 38.0 Å². The summed E-state index contributed by atoms with van der Waals surface area (Å²) in [6.45, 7) is 7.70. The molecule has 0 amide bonds. The maximum Gasteiger partial charge on any atom is 0.0642 e. The SMILES string of the molecule is CCCCCN(c1ccc(CCl)cc1Cl)C(C)C. The van der Waals surface area contributed by atoms with E-state index in [1.165, 1.54) is 19.3 Å². The van der Waals surface area contributed by atoms with E-state index < -0.39 is 0 Å². The van der Waals surface area contributed by atoms with Gasteiger partial charge in [-0.3, -0.25) is 0 Å². The van der Waals surface area contributed by atoms with E-state index in [0.717, 1.165) is 22.8 Å². The summed E-state index contributed by atoms with van der Waals surface area (Å²) in [5.41, 5.74) is 2.19. The van der Waals surface area contributed by atoms with Crippen molar-refractivity contribution in [3.8, 4) is 0 Å². The van der Waals surface area contributed by atoms with E-state index in [1.807, 2.05) is 6.07 Å². The molecule has 0 fully saturated rings. The number of anilines is 1. The Hall–Kier alpha value is -0.400. The molecule has 0 atom stereocenters. The molecule has 0 bridgehead atoms. The van der Waals surface area contributed by atoms with Crippen molar-refractivity contribution in [2.75, 3.05) is 11.4 Å². The first-order valence-electron chi connectivity index (χ1n) is 6.71. The van der Waals surface area contributed by atoms with Crippen LogP contribution in [-0.4, -0.2) is 12.6 Å². The zero-order chi connectivity index (χ0) is 13.5. The van der Waals surface area contributed by atoms with Gasteiger partial charge >= 0.3 is 0 Å². The molecule has 0 radical (unpaired) electrons. The molecular formula is C15H23Cl2N. The fourth-order valence-corrected chi connectivity index (χ4v) is 2.53. The van der Waals surface area contributed by atoms with Gasteiger partial charge in [0.2, 0.25) is 0 Å². The number of alkyl halides is 1. The van der Waals surface area contributed by atoms with Crippen LogP contribution in [0, 0.1) is 0 Å². The summed E-state index contributed by atoms with van der Waals surface area (Å²) in [6, 6.07) is 6.58. The minimum absolute atomic E-state index is 0.459. The molecule has 0 saturated carbocycles. The summed E-state index contributed by atoms with van der Waals surface area (Å²) >= 11 is 12.2. The Balaban J connectivity index is 2.84. The van der Waals surface area contributed by atoms with Crippen molar-refractivity contribution in [3.05, 3.63) is 28.8 Å². The Morgan fingerprint density at radius 1 is 1.22 bits per heavy atom. The van der Waals surface area contributed by atoms with Crippen molar-refractivity contribution in [2.45, 2.75) is 52.0 Å². The van der Waals surface area contributed by atoms with Crippen molar-refractivity contribution >= 4 is 28.9 Å². The molecule has 0 aliphatic heterocycles. The summed E-state index contributed by atoms with van der Waals surface area (Å²) in [7, 11) is 0. The van der Waals surface area contributed by atoms with Gasteiger partial charge in [0.15, 0.2) is 0 Å². The Morgan fingerprint density at radius 3 is 2.44 bits per heavy atom. The maximum absolute atomic E-state index is 6.36. The quantitative estimate of drug-likeness (QED) is 0.474. The average molecular weight is 288 g/mol. The van der Waals surface area contributed by atoms with Crippen LogP contribution in [0.15, 0.2) is 18.2 Å². The summed E-state index contributed by atoms with van der Waals surface area (Å²) < 4.78 is 0. The molecule has 0 heterocycles. The van der Waals surface area contributed by atoms with Gasteiger partial charge in [-0.25, -0.2) is 0 Å². The van der Waals surface area contributed by atoms with Crippen LogP contribution in [0.2, 0.25) is 5.02 Å². The highest BCUT2D eigenvalue weighted by molar-refractivity contribution is 6.33. The fraction of sp³-hybridized carbons (Fsp3) is 0.600. The molecule has 0 aromatic heterocycles. The van der Waals surface area contributed by atoms with E-state index in [-0.39, 0.29) is 0 Å². The summed E-state index contributed by atoms with van der Waals surface area (Å²) in [4.78, 5) is 2.37. The van der Waals surface area contributed by atoms with Crippen LogP contribution in [0.25, 0.3) is 0 Å². The number of benzene rings is 1. The first-order chi connectivity index (χ1) is 8.60. The van der Waals surface area contributed by atoms with Gasteiger partial charge in [0, 0.05) is 18.5 Å². The molecular weight excluding hydrogens is 265 g/mol. The van der Waals surface area contributed by atoms with Crippen molar-refractivity contribution in [3.63, 3.8) is 0 Å². The Morgan fingerprint density at radius 2 is 1.94 bits per heavy atom. The number of rotatable bonds is 7. The highest BCUT2D eigenvalue weighted by Gasteiger charge is 2.13. The minimum Gasteiger partial charge on any atom is -0.368 e. The number of hydrogen-bond donors (Lipinski definition) is 0. The number of halogens is 2. The molecule has 1 rings (SSSR count). The van der Waals surface area contributed by atoms with Crippen LogP contribution in [0.5, 0.6) is 0 Å². The standard InChI is InChI=1S/C15H23Cl2N/c1-4-5-6-9-18(12(2)3)15-8-7-13(11-16)10-14(15)17/h7-8,10,12H,4-6,9,11H2,1-3H3. The molecule has 18 heavy (non-hydrogen) atoms. The molecule has 0 unspecified atom stereocenters. The Kier molecular flexibility index (Phi) is 6.88. The highest BCUT2D eigenvalue weighted by atomic mass is 35.5. The van der Waals surface area contributed by atoms with Crippen LogP contribution >= 0.6 is 23.2 Å². The maximum atomic E-state index is 6.36. The molecule has 102 valence electrons. The second-order valence-corrected chi connectivity index (χ2v) is 5.59. The van der Waals surface area contributed by atoms with Gasteiger partial charge in [0.05, 0.1) is 10.7 Å². The lowest BCUT2D eigenvalue weighted by atomic mass is 10.1. The Bertz CT molecular complexity index is 364. The fourth-order valence-electron chi connectivity index (χ4n) is 2.06. The summed E-state index contributed by atoms with van der Waals surface area (Å²) in [6.07, 6.45) is 3.72. The van der Waals surface area contributed by atoms with Crippen LogP contribution in [0.3, 0.4) is 0 Å². The van der Waals surface area contributed by atoms with Gasteiger partial charge < -0.3 is 4.90 Å². The van der Waals surface area contributed by atoms with Gasteiger partial charge in [-0.15, -0.1) is 11.6 Å². The third kappa shape index (κ3) is 4.37. The zero-order valence-electron chi connectivity index (χ0n) is 11.5. The molecule has 0 N–H and O–H groups in total. The van der Waals surface area contributed by atoms with Gasteiger partial charge in [0.25, 0.3) is 0 Å². The summed E-state index contributed by atoms with van der Waals surface area (Å²) in [5.74, 6) is 0.511. The Labute approximate surface area is 121 Å². The van der Waals surface area contributed by atoms with Crippen LogP contribution < -0.4 is 4.90 Å². The molecule has 0 saturated heterocycles.